The summed E-state index contributed by atoms with van der Waals surface area (Å²) >= 11 is 0. The molecule has 3 aromatic carbocycles. The number of alkyl halides is 2. The monoisotopic (exact) mass is 826 g/mol. The van der Waals surface area contributed by atoms with Crippen LogP contribution >= 0.6 is 0 Å². The smallest absolute Gasteiger partial charge is 0.407 e. The summed E-state index contributed by atoms with van der Waals surface area (Å²) in [6.07, 6.45) is 0.296. The number of hydrogen-bond acceptors (Lipinski definition) is 10. The predicted molar refractivity (Wildman–Crippen MR) is 217 cm³/mol. The van der Waals surface area contributed by atoms with Gasteiger partial charge in [0.1, 0.15) is 47.5 Å². The zero-order valence-corrected chi connectivity index (χ0v) is 33.7. The number of anilines is 1. The minimum atomic E-state index is -1.42. The molecule has 11 nitrogen and oxygen atoms in total. The maximum atomic E-state index is 17.6. The molecule has 15 heteroatoms. The Labute approximate surface area is 344 Å². The zero-order chi connectivity index (χ0) is 42.0. The van der Waals surface area contributed by atoms with Gasteiger partial charge in [0.05, 0.1) is 35.0 Å². The fraction of sp³-hybridized carbons (Fsp3) is 0.444. The van der Waals surface area contributed by atoms with Crippen molar-refractivity contribution >= 4 is 39.6 Å². The van der Waals surface area contributed by atoms with Crippen LogP contribution in [0.1, 0.15) is 64.0 Å². The van der Waals surface area contributed by atoms with E-state index in [-0.39, 0.29) is 97.3 Å². The van der Waals surface area contributed by atoms with Gasteiger partial charge in [-0.15, -0.1) is 0 Å². The Balaban J connectivity index is 1.22. The minimum Gasteiger partial charge on any atom is -0.461 e. The fourth-order valence-corrected chi connectivity index (χ4v) is 9.64. The third-order valence-electron chi connectivity index (χ3n) is 12.6. The average Bonchev–Trinajstić information content (AvgIpc) is 3.74. The molecule has 0 spiro atoms. The Bertz CT molecular complexity index is 2510. The van der Waals surface area contributed by atoms with Crippen molar-refractivity contribution in [1.29, 1.82) is 0 Å². The number of alkyl carbamates (subject to hydrolysis) is 1. The summed E-state index contributed by atoms with van der Waals surface area (Å²) in [6, 6.07) is 14.8. The number of carbonyl (C=O) groups excluding carboxylic acids is 2. The summed E-state index contributed by atoms with van der Waals surface area (Å²) in [5.74, 6) is -1.84. The predicted octanol–water partition coefficient (Wildman–Crippen LogP) is 7.94. The molecule has 3 fully saturated rings. The van der Waals surface area contributed by atoms with Gasteiger partial charge in [0, 0.05) is 37.7 Å². The first kappa shape index (κ1) is 39.9. The van der Waals surface area contributed by atoms with Crippen LogP contribution in [-0.4, -0.2) is 94.7 Å². The molecule has 5 aliphatic heterocycles. The van der Waals surface area contributed by atoms with E-state index in [0.29, 0.717) is 23.7 Å². The molecule has 0 radical (unpaired) electrons. The molecule has 2 aromatic heterocycles. The van der Waals surface area contributed by atoms with E-state index in [1.807, 2.05) is 30.3 Å². The van der Waals surface area contributed by atoms with Gasteiger partial charge >= 0.3 is 18.1 Å². The van der Waals surface area contributed by atoms with Gasteiger partial charge in [-0.1, -0.05) is 36.4 Å². The van der Waals surface area contributed by atoms with Crippen LogP contribution in [0.25, 0.3) is 32.9 Å². The highest BCUT2D eigenvalue weighted by molar-refractivity contribution is 6.02. The number of esters is 1. The Morgan fingerprint density at radius 1 is 1.03 bits per heavy atom. The number of pyridine rings is 1. The van der Waals surface area contributed by atoms with Crippen LogP contribution in [0.4, 0.5) is 28.2 Å². The second-order valence-corrected chi connectivity index (χ2v) is 17.5. The number of benzene rings is 3. The van der Waals surface area contributed by atoms with Gasteiger partial charge < -0.3 is 24.4 Å². The number of fused-ring (bicyclic) bond motifs is 7. The highest BCUT2D eigenvalue weighted by Crippen LogP contribution is 2.43. The van der Waals surface area contributed by atoms with Gasteiger partial charge in [-0.3, -0.25) is 14.7 Å². The topological polar surface area (TPSA) is 119 Å². The summed E-state index contributed by atoms with van der Waals surface area (Å²) < 4.78 is 81.9. The quantitative estimate of drug-likeness (QED) is 0.103. The Morgan fingerprint density at radius 2 is 1.83 bits per heavy atom. The Morgan fingerprint density at radius 3 is 2.65 bits per heavy atom. The molecule has 314 valence electrons. The van der Waals surface area contributed by atoms with Crippen LogP contribution in [0, 0.1) is 11.6 Å². The first-order valence-corrected chi connectivity index (χ1v) is 20.5. The summed E-state index contributed by atoms with van der Waals surface area (Å²) in [5, 5.41) is 3.72. The van der Waals surface area contributed by atoms with Gasteiger partial charge in [0.15, 0.2) is 5.82 Å². The number of rotatable bonds is 6. The SMILES string of the molecule is CC(C)(C(=O)Oc1cc2c3c(c(F)ccc3c1)CCCOC(=O)N[C@]1(C)C[C@@H](F)CN(C1)c1nc(OC[C@@]34CCCN3C[C@H](F)C4)nc3c(F)c-2ncc13)c1ccccc1. The van der Waals surface area contributed by atoms with Crippen LogP contribution in [0.5, 0.6) is 11.8 Å². The lowest BCUT2D eigenvalue weighted by Gasteiger charge is -2.42. The lowest BCUT2D eigenvalue weighted by Crippen LogP contribution is -2.60. The minimum absolute atomic E-state index is 0.0254. The van der Waals surface area contributed by atoms with Gasteiger partial charge in [0.2, 0.25) is 0 Å². The molecule has 5 aromatic rings. The number of carbonyl (C=O) groups is 2. The van der Waals surface area contributed by atoms with E-state index < -0.39 is 52.5 Å². The first-order valence-electron chi connectivity index (χ1n) is 20.5. The Kier molecular flexibility index (Phi) is 10.1. The number of halogens is 4. The van der Waals surface area contributed by atoms with E-state index in [2.05, 4.69) is 20.2 Å². The molecule has 1 amide bonds. The molecular weight excluding hydrogens is 781 g/mol. The van der Waals surface area contributed by atoms with Crippen molar-refractivity contribution in [2.24, 2.45) is 0 Å². The number of aromatic nitrogens is 3. The number of hydrogen-bond donors (Lipinski definition) is 1. The third kappa shape index (κ3) is 7.24. The zero-order valence-electron chi connectivity index (χ0n) is 33.7. The number of nitrogens with zero attached hydrogens (tertiary/aromatic N) is 5. The molecule has 1 N–H and O–H groups in total. The van der Waals surface area contributed by atoms with E-state index in [0.717, 1.165) is 18.5 Å². The van der Waals surface area contributed by atoms with Crippen LogP contribution in [0.15, 0.2) is 60.8 Å². The first-order chi connectivity index (χ1) is 28.7. The van der Waals surface area contributed by atoms with Crippen molar-refractivity contribution in [3.8, 4) is 23.0 Å². The highest BCUT2D eigenvalue weighted by atomic mass is 19.1. The van der Waals surface area contributed by atoms with E-state index >= 15 is 13.2 Å². The molecule has 0 aliphatic carbocycles. The number of aryl methyl sites for hydroxylation is 1. The maximum absolute atomic E-state index is 17.6. The largest absolute Gasteiger partial charge is 0.461 e. The van der Waals surface area contributed by atoms with Gasteiger partial charge in [-0.25, -0.2) is 22.4 Å². The van der Waals surface area contributed by atoms with Gasteiger partial charge in [0.25, 0.3) is 0 Å². The second kappa shape index (κ2) is 15.2. The van der Waals surface area contributed by atoms with Crippen LogP contribution in [0.2, 0.25) is 0 Å². The number of nitrogens with one attached hydrogen (secondary N) is 1. The van der Waals surface area contributed by atoms with Crippen LogP contribution in [-0.2, 0) is 21.4 Å². The lowest BCUT2D eigenvalue weighted by molar-refractivity contribution is -0.139. The summed E-state index contributed by atoms with van der Waals surface area (Å²) in [5.41, 5.74) is -2.13. The molecular formula is C45H46F4N6O5. The van der Waals surface area contributed by atoms with Gasteiger partial charge in [-0.2, -0.15) is 9.97 Å². The van der Waals surface area contributed by atoms with Gasteiger partial charge in [-0.05, 0) is 93.1 Å². The molecule has 10 rings (SSSR count). The summed E-state index contributed by atoms with van der Waals surface area (Å²) in [6.45, 7) is 6.09. The molecule has 60 heavy (non-hydrogen) atoms. The normalized spacial score (nSPS) is 24.6. The van der Waals surface area contributed by atoms with Crippen molar-refractivity contribution in [3.05, 3.63) is 83.6 Å². The summed E-state index contributed by atoms with van der Waals surface area (Å²) in [4.78, 5) is 44.6. The van der Waals surface area contributed by atoms with Crippen LogP contribution in [0.3, 0.4) is 0 Å². The third-order valence-corrected chi connectivity index (χ3v) is 12.6. The average molecular weight is 827 g/mol. The maximum Gasteiger partial charge on any atom is 0.407 e. The van der Waals surface area contributed by atoms with E-state index in [1.54, 1.807) is 31.7 Å². The number of ether oxygens (including phenoxy) is 3. The molecule has 0 saturated carbocycles. The Hall–Kier alpha value is -5.57. The second-order valence-electron chi connectivity index (χ2n) is 17.5. The van der Waals surface area contributed by atoms with E-state index in [1.165, 1.54) is 24.4 Å². The van der Waals surface area contributed by atoms with E-state index in [4.69, 9.17) is 19.2 Å². The highest BCUT2D eigenvalue weighted by Gasteiger charge is 2.49. The number of amides is 1. The van der Waals surface area contributed by atoms with Crippen molar-refractivity contribution in [1.82, 2.24) is 25.2 Å². The number of piperidine rings is 1. The lowest BCUT2D eigenvalue weighted by atomic mass is 9.85. The van der Waals surface area contributed by atoms with Crippen molar-refractivity contribution in [3.63, 3.8) is 0 Å². The van der Waals surface area contributed by atoms with Crippen molar-refractivity contribution in [2.45, 2.75) is 88.1 Å². The molecule has 5 aliphatic rings. The fourth-order valence-electron chi connectivity index (χ4n) is 9.64. The van der Waals surface area contributed by atoms with E-state index in [9.17, 15) is 14.0 Å². The standard InChI is InChI=1S/C45H46F4N6O5/c1-43(2,27-9-5-4-6-10-27)40(56)60-30-17-26-12-13-34(48)31-11-7-16-58-42(57)53-44(3)19-28(46)22-54(24-44)39-33-21-50-37(32(18-30)35(26)31)36(49)38(33)51-41(52-39)59-25-45-14-8-15-55(45)23-29(47)20-45/h4-6,9-10,12-13,17-18,21,28-29H,7-8,11,14-16,19-20,22-25H2,1-3H3,(H,53,57)/t28-,29-,44-,45+/m1/s1. The van der Waals surface area contributed by atoms with Crippen molar-refractivity contribution in [2.75, 3.05) is 44.3 Å². The molecule has 3 saturated heterocycles. The van der Waals surface area contributed by atoms with Crippen LogP contribution < -0.4 is 19.7 Å². The molecule has 4 atom stereocenters. The molecule has 0 unspecified atom stereocenters. The molecule has 7 heterocycles. The molecule has 6 bridgehead atoms. The summed E-state index contributed by atoms with van der Waals surface area (Å²) in [7, 11) is 0. The van der Waals surface area contributed by atoms with Crippen molar-refractivity contribution < 1.29 is 41.4 Å².